The first-order valence-electron chi connectivity index (χ1n) is 8.40. The zero-order valence-electron chi connectivity index (χ0n) is 13.6. The van der Waals surface area contributed by atoms with Gasteiger partial charge in [0.2, 0.25) is 0 Å². The molecule has 0 saturated heterocycles. The Morgan fingerprint density at radius 3 is 2.54 bits per heavy atom. The molecule has 2 heterocycles. The van der Waals surface area contributed by atoms with Crippen LogP contribution in [-0.2, 0) is 0 Å². The molecule has 0 bridgehead atoms. The Labute approximate surface area is 140 Å². The average molecular weight is 325 g/mol. The van der Waals surface area contributed by atoms with Crippen LogP contribution in [0.15, 0.2) is 36.7 Å². The summed E-state index contributed by atoms with van der Waals surface area (Å²) in [6.07, 6.45) is 7.30. The van der Waals surface area contributed by atoms with Crippen LogP contribution in [0.2, 0.25) is 0 Å². The van der Waals surface area contributed by atoms with Crippen LogP contribution in [0.3, 0.4) is 0 Å². The van der Waals surface area contributed by atoms with Gasteiger partial charge in [-0.1, -0.05) is 12.1 Å². The molecule has 5 heteroatoms. The van der Waals surface area contributed by atoms with Crippen molar-refractivity contribution in [3.05, 3.63) is 48.3 Å². The van der Waals surface area contributed by atoms with E-state index < -0.39 is 0 Å². The molecular weight excluding hydrogens is 305 g/mol. The number of fused-ring (bicyclic) bond motifs is 1. The maximum atomic E-state index is 13.2. The SMILES string of the molecule is Cc1ncc2c(-c3ccc(F)cc3)cn(C3CCC(O)CC3)c2n1. The fourth-order valence-corrected chi connectivity index (χ4v) is 3.59. The summed E-state index contributed by atoms with van der Waals surface area (Å²) in [6, 6.07) is 6.87. The molecule has 3 aromatic rings. The van der Waals surface area contributed by atoms with Crippen LogP contribution in [0.4, 0.5) is 4.39 Å². The molecule has 1 aliphatic carbocycles. The minimum absolute atomic E-state index is 0.184. The summed E-state index contributed by atoms with van der Waals surface area (Å²) in [5.74, 6) is 0.499. The lowest BCUT2D eigenvalue weighted by molar-refractivity contribution is 0.111. The molecule has 2 aromatic heterocycles. The third-order valence-corrected chi connectivity index (χ3v) is 4.91. The molecule has 0 radical (unpaired) electrons. The van der Waals surface area contributed by atoms with E-state index >= 15 is 0 Å². The Kier molecular flexibility index (Phi) is 3.81. The number of aliphatic hydroxyl groups is 1. The van der Waals surface area contributed by atoms with Crippen LogP contribution in [0.5, 0.6) is 0 Å². The molecule has 1 saturated carbocycles. The molecule has 0 aliphatic heterocycles. The number of hydrogen-bond donors (Lipinski definition) is 1. The minimum Gasteiger partial charge on any atom is -0.393 e. The van der Waals surface area contributed by atoms with Gasteiger partial charge in [0, 0.05) is 29.4 Å². The standard InChI is InChI=1S/C19H20FN3O/c1-12-21-10-17-18(13-2-4-14(20)5-3-13)11-23(19(17)22-12)15-6-8-16(24)9-7-15/h2-5,10-11,15-16,24H,6-9H2,1H3. The van der Waals surface area contributed by atoms with Gasteiger partial charge in [-0.25, -0.2) is 14.4 Å². The van der Waals surface area contributed by atoms with E-state index in [2.05, 4.69) is 20.7 Å². The zero-order chi connectivity index (χ0) is 16.7. The maximum Gasteiger partial charge on any atom is 0.144 e. The van der Waals surface area contributed by atoms with Crippen LogP contribution in [0.1, 0.15) is 37.5 Å². The topological polar surface area (TPSA) is 50.9 Å². The highest BCUT2D eigenvalue weighted by Gasteiger charge is 2.24. The van der Waals surface area contributed by atoms with Crippen molar-refractivity contribution in [3.8, 4) is 11.1 Å². The summed E-state index contributed by atoms with van der Waals surface area (Å²) < 4.78 is 15.5. The van der Waals surface area contributed by atoms with Gasteiger partial charge in [0.1, 0.15) is 17.3 Å². The van der Waals surface area contributed by atoms with E-state index in [1.54, 1.807) is 12.1 Å². The van der Waals surface area contributed by atoms with Gasteiger partial charge in [-0.2, -0.15) is 0 Å². The van der Waals surface area contributed by atoms with Crippen molar-refractivity contribution in [1.29, 1.82) is 0 Å². The molecular formula is C19H20FN3O. The van der Waals surface area contributed by atoms with E-state index in [0.29, 0.717) is 6.04 Å². The van der Waals surface area contributed by atoms with Crippen LogP contribution in [-0.4, -0.2) is 25.7 Å². The smallest absolute Gasteiger partial charge is 0.144 e. The molecule has 0 unspecified atom stereocenters. The van der Waals surface area contributed by atoms with Gasteiger partial charge in [-0.05, 0) is 50.3 Å². The first kappa shape index (κ1) is 15.3. The number of aryl methyl sites for hydroxylation is 1. The second-order valence-electron chi connectivity index (χ2n) is 6.57. The first-order valence-corrected chi connectivity index (χ1v) is 8.40. The number of halogens is 1. The summed E-state index contributed by atoms with van der Waals surface area (Å²) in [5, 5.41) is 10.8. The van der Waals surface area contributed by atoms with E-state index in [1.165, 1.54) is 12.1 Å². The number of rotatable bonds is 2. The van der Waals surface area contributed by atoms with Crippen molar-refractivity contribution in [2.75, 3.05) is 0 Å². The minimum atomic E-state index is -0.240. The Morgan fingerprint density at radius 2 is 1.83 bits per heavy atom. The van der Waals surface area contributed by atoms with Crippen molar-refractivity contribution in [1.82, 2.24) is 14.5 Å². The number of aromatic nitrogens is 3. The van der Waals surface area contributed by atoms with Crippen LogP contribution in [0, 0.1) is 12.7 Å². The van der Waals surface area contributed by atoms with E-state index in [-0.39, 0.29) is 11.9 Å². The third-order valence-electron chi connectivity index (χ3n) is 4.91. The van der Waals surface area contributed by atoms with Crippen molar-refractivity contribution in [2.24, 2.45) is 0 Å². The monoisotopic (exact) mass is 325 g/mol. The third kappa shape index (κ3) is 2.69. The lowest BCUT2D eigenvalue weighted by Gasteiger charge is -2.27. The molecule has 4 rings (SSSR count). The Morgan fingerprint density at radius 1 is 1.12 bits per heavy atom. The van der Waals surface area contributed by atoms with Gasteiger partial charge in [0.25, 0.3) is 0 Å². The highest BCUT2D eigenvalue weighted by Crippen LogP contribution is 2.36. The molecule has 4 nitrogen and oxygen atoms in total. The predicted molar refractivity (Wildman–Crippen MR) is 91.2 cm³/mol. The lowest BCUT2D eigenvalue weighted by Crippen LogP contribution is -2.20. The molecule has 1 aromatic carbocycles. The molecule has 0 spiro atoms. The van der Waals surface area contributed by atoms with Gasteiger partial charge >= 0.3 is 0 Å². The van der Waals surface area contributed by atoms with Crippen LogP contribution < -0.4 is 0 Å². The second kappa shape index (κ2) is 5.98. The van der Waals surface area contributed by atoms with E-state index in [9.17, 15) is 9.50 Å². The van der Waals surface area contributed by atoms with Gasteiger partial charge in [-0.15, -0.1) is 0 Å². The summed E-state index contributed by atoms with van der Waals surface area (Å²) >= 11 is 0. The van der Waals surface area contributed by atoms with Crippen LogP contribution in [0.25, 0.3) is 22.2 Å². The highest BCUT2D eigenvalue weighted by molar-refractivity contribution is 5.93. The number of hydrogen-bond acceptors (Lipinski definition) is 3. The molecule has 1 N–H and O–H groups in total. The van der Waals surface area contributed by atoms with Gasteiger partial charge in [-0.3, -0.25) is 0 Å². The molecule has 0 atom stereocenters. The van der Waals surface area contributed by atoms with E-state index in [0.717, 1.165) is 53.7 Å². The van der Waals surface area contributed by atoms with E-state index in [4.69, 9.17) is 0 Å². The average Bonchev–Trinajstić information content (AvgIpc) is 2.95. The molecule has 1 fully saturated rings. The predicted octanol–water partition coefficient (Wildman–Crippen LogP) is 4.02. The Hall–Kier alpha value is -2.27. The number of nitrogens with zero attached hydrogens (tertiary/aromatic N) is 3. The second-order valence-corrected chi connectivity index (χ2v) is 6.57. The fraction of sp³-hybridized carbons (Fsp3) is 0.368. The molecule has 0 amide bonds. The van der Waals surface area contributed by atoms with Crippen molar-refractivity contribution in [3.63, 3.8) is 0 Å². The quantitative estimate of drug-likeness (QED) is 0.774. The summed E-state index contributed by atoms with van der Waals surface area (Å²) in [4.78, 5) is 8.99. The van der Waals surface area contributed by atoms with Gasteiger partial charge in [0.15, 0.2) is 0 Å². The molecule has 1 aliphatic rings. The van der Waals surface area contributed by atoms with Gasteiger partial charge < -0.3 is 9.67 Å². The Balaban J connectivity index is 1.84. The van der Waals surface area contributed by atoms with Crippen molar-refractivity contribution >= 4 is 11.0 Å². The number of benzene rings is 1. The van der Waals surface area contributed by atoms with Gasteiger partial charge in [0.05, 0.1) is 6.10 Å². The Bertz CT molecular complexity index is 864. The van der Waals surface area contributed by atoms with Crippen LogP contribution >= 0.6 is 0 Å². The molecule has 124 valence electrons. The van der Waals surface area contributed by atoms with E-state index in [1.807, 2.05) is 13.1 Å². The normalized spacial score (nSPS) is 21.3. The summed E-state index contributed by atoms with van der Waals surface area (Å²) in [6.45, 7) is 1.89. The zero-order valence-corrected chi connectivity index (χ0v) is 13.6. The summed E-state index contributed by atoms with van der Waals surface area (Å²) in [7, 11) is 0. The number of aliphatic hydroxyl groups excluding tert-OH is 1. The van der Waals surface area contributed by atoms with Crippen molar-refractivity contribution in [2.45, 2.75) is 44.8 Å². The first-order chi connectivity index (χ1) is 11.6. The van der Waals surface area contributed by atoms with Crippen molar-refractivity contribution < 1.29 is 9.50 Å². The lowest BCUT2D eigenvalue weighted by atomic mass is 9.93. The largest absolute Gasteiger partial charge is 0.393 e. The highest BCUT2D eigenvalue weighted by atomic mass is 19.1. The fourth-order valence-electron chi connectivity index (χ4n) is 3.59. The molecule has 24 heavy (non-hydrogen) atoms. The summed E-state index contributed by atoms with van der Waals surface area (Å²) in [5.41, 5.74) is 2.91. The maximum absolute atomic E-state index is 13.2.